The van der Waals surface area contributed by atoms with Crippen molar-refractivity contribution >= 4 is 17.6 Å². The van der Waals surface area contributed by atoms with Crippen LogP contribution in [0.3, 0.4) is 0 Å². The summed E-state index contributed by atoms with van der Waals surface area (Å²) in [5.74, 6) is -1.25. The Morgan fingerprint density at radius 1 is 0.944 bits per heavy atom. The van der Waals surface area contributed by atoms with E-state index in [1.807, 2.05) is 30.3 Å². The lowest BCUT2D eigenvalue weighted by Crippen LogP contribution is -2.37. The van der Waals surface area contributed by atoms with Crippen LogP contribution >= 0.6 is 0 Å². The fourth-order valence-electron chi connectivity index (χ4n) is 4.31. The highest BCUT2D eigenvalue weighted by atomic mass is 16.5. The molecule has 0 aromatic heterocycles. The average molecular weight is 491 g/mol. The molecular formula is C28H30N2O6. The number of piperidine rings is 1. The lowest BCUT2D eigenvalue weighted by molar-refractivity contribution is 0.0698. The number of aliphatic hydroxyl groups excluding tert-OH is 1. The van der Waals surface area contributed by atoms with Crippen LogP contribution < -0.4 is 10.1 Å². The Bertz CT molecular complexity index is 1210. The lowest BCUT2D eigenvalue weighted by atomic mass is 9.98. The number of carbonyl (C=O) groups is 2. The number of phenols is 1. The summed E-state index contributed by atoms with van der Waals surface area (Å²) in [5, 5.41) is 31.8. The third-order valence-corrected chi connectivity index (χ3v) is 6.46. The average Bonchev–Trinajstić information content (AvgIpc) is 2.90. The molecule has 0 radical (unpaired) electrons. The van der Waals surface area contributed by atoms with Gasteiger partial charge in [-0.15, -0.1) is 0 Å². The highest BCUT2D eigenvalue weighted by Gasteiger charge is 2.20. The van der Waals surface area contributed by atoms with Crippen molar-refractivity contribution < 1.29 is 29.6 Å². The summed E-state index contributed by atoms with van der Waals surface area (Å²) in [6, 6.07) is 18.6. The van der Waals surface area contributed by atoms with E-state index in [1.54, 1.807) is 18.2 Å². The number of hydrogen-bond acceptors (Lipinski definition) is 6. The number of likely N-dealkylation sites (tertiary alicyclic amines) is 1. The molecule has 8 heteroatoms. The lowest BCUT2D eigenvalue weighted by Gasteiger charge is -2.30. The number of carboxylic acid groups (broad SMARTS) is 1. The second-order valence-electron chi connectivity index (χ2n) is 8.88. The molecule has 188 valence electrons. The van der Waals surface area contributed by atoms with Crippen molar-refractivity contribution in [3.8, 4) is 22.6 Å². The van der Waals surface area contributed by atoms with Crippen molar-refractivity contribution in [3.05, 3.63) is 77.9 Å². The molecule has 1 heterocycles. The first-order valence-corrected chi connectivity index (χ1v) is 12.0. The summed E-state index contributed by atoms with van der Waals surface area (Å²) in [4.78, 5) is 27.1. The van der Waals surface area contributed by atoms with Crippen molar-refractivity contribution in [2.24, 2.45) is 5.92 Å². The Labute approximate surface area is 209 Å². The van der Waals surface area contributed by atoms with E-state index in [9.17, 15) is 24.9 Å². The Balaban J connectivity index is 1.45. The number of phenolic OH excluding ortho intramolecular Hbond substituents is 1. The van der Waals surface area contributed by atoms with E-state index in [2.05, 4.69) is 10.2 Å². The summed E-state index contributed by atoms with van der Waals surface area (Å²) in [7, 11) is 0. The Morgan fingerprint density at radius 2 is 1.69 bits per heavy atom. The van der Waals surface area contributed by atoms with Gasteiger partial charge >= 0.3 is 5.97 Å². The summed E-state index contributed by atoms with van der Waals surface area (Å²) in [6.45, 7) is 3.18. The number of rotatable bonds is 9. The van der Waals surface area contributed by atoms with Gasteiger partial charge in [0.25, 0.3) is 5.91 Å². The Hall–Kier alpha value is -3.88. The van der Waals surface area contributed by atoms with Crippen molar-refractivity contribution in [2.45, 2.75) is 12.8 Å². The highest BCUT2D eigenvalue weighted by molar-refractivity contribution is 6.09. The van der Waals surface area contributed by atoms with Crippen molar-refractivity contribution in [2.75, 3.05) is 38.2 Å². The van der Waals surface area contributed by atoms with Gasteiger partial charge in [-0.05, 0) is 73.3 Å². The molecule has 8 nitrogen and oxygen atoms in total. The van der Waals surface area contributed by atoms with Gasteiger partial charge in [-0.2, -0.15) is 0 Å². The van der Waals surface area contributed by atoms with Crippen molar-refractivity contribution in [1.82, 2.24) is 4.90 Å². The number of benzene rings is 3. The van der Waals surface area contributed by atoms with Crippen LogP contribution in [0.15, 0.2) is 66.7 Å². The van der Waals surface area contributed by atoms with Gasteiger partial charge in [-0.1, -0.05) is 36.4 Å². The SMILES string of the molecule is O=C(Nc1cc(-c2ccccc2)ccc1C(=O)O)c1cc(OCCN2CCC(CO)CC2)ccc1O. The third-order valence-electron chi connectivity index (χ3n) is 6.46. The van der Waals surface area contributed by atoms with E-state index in [1.165, 1.54) is 18.2 Å². The number of nitrogens with zero attached hydrogens (tertiary/aromatic N) is 1. The van der Waals surface area contributed by atoms with E-state index in [4.69, 9.17) is 4.74 Å². The summed E-state index contributed by atoms with van der Waals surface area (Å²) < 4.78 is 5.82. The molecule has 1 aliphatic rings. The molecule has 0 atom stereocenters. The first-order chi connectivity index (χ1) is 17.4. The molecule has 1 amide bonds. The molecule has 1 saturated heterocycles. The monoisotopic (exact) mass is 490 g/mol. The van der Waals surface area contributed by atoms with Gasteiger partial charge in [0, 0.05) is 13.2 Å². The normalized spacial score (nSPS) is 14.4. The maximum Gasteiger partial charge on any atom is 0.337 e. The third kappa shape index (κ3) is 6.21. The van der Waals surface area contributed by atoms with Crippen LogP contribution in [-0.4, -0.2) is 64.9 Å². The summed E-state index contributed by atoms with van der Waals surface area (Å²) in [5.41, 5.74) is 1.69. The number of aromatic carboxylic acids is 1. The van der Waals surface area contributed by atoms with Crippen LogP contribution in [0.1, 0.15) is 33.6 Å². The van der Waals surface area contributed by atoms with E-state index in [0.717, 1.165) is 43.6 Å². The molecule has 0 unspecified atom stereocenters. The highest BCUT2D eigenvalue weighted by Crippen LogP contribution is 2.28. The zero-order valence-electron chi connectivity index (χ0n) is 19.9. The fourth-order valence-corrected chi connectivity index (χ4v) is 4.31. The maximum absolute atomic E-state index is 13.0. The fraction of sp³-hybridized carbons (Fsp3) is 0.286. The number of ether oxygens (including phenoxy) is 1. The van der Waals surface area contributed by atoms with E-state index in [-0.39, 0.29) is 29.2 Å². The number of anilines is 1. The van der Waals surface area contributed by atoms with E-state index in [0.29, 0.717) is 18.3 Å². The molecule has 0 saturated carbocycles. The van der Waals surface area contributed by atoms with Crippen LogP contribution in [0.5, 0.6) is 11.5 Å². The van der Waals surface area contributed by atoms with Crippen molar-refractivity contribution in [3.63, 3.8) is 0 Å². The first-order valence-electron chi connectivity index (χ1n) is 12.0. The van der Waals surface area contributed by atoms with Gasteiger partial charge in [0.2, 0.25) is 0 Å². The number of amides is 1. The van der Waals surface area contributed by atoms with Crippen molar-refractivity contribution in [1.29, 1.82) is 0 Å². The minimum absolute atomic E-state index is 0.0160. The molecule has 4 N–H and O–H groups in total. The van der Waals surface area contributed by atoms with Gasteiger partial charge in [-0.3, -0.25) is 9.69 Å². The molecule has 4 rings (SSSR count). The molecule has 1 fully saturated rings. The van der Waals surface area contributed by atoms with Gasteiger partial charge in [0.05, 0.1) is 16.8 Å². The van der Waals surface area contributed by atoms with Gasteiger partial charge in [0.15, 0.2) is 0 Å². The number of carboxylic acids is 1. The van der Waals surface area contributed by atoms with Gasteiger partial charge in [-0.25, -0.2) is 4.79 Å². The zero-order valence-corrected chi connectivity index (χ0v) is 19.9. The number of hydrogen-bond donors (Lipinski definition) is 4. The Morgan fingerprint density at radius 3 is 2.39 bits per heavy atom. The standard InChI is InChI=1S/C28H30N2O6/c31-18-19-10-12-30(13-11-19)14-15-36-22-7-9-26(32)24(17-22)27(33)29-25-16-21(6-8-23(25)28(34)35)20-4-2-1-3-5-20/h1-9,16-17,19,31-32H,10-15,18H2,(H,29,33)(H,34,35). The number of carbonyl (C=O) groups excluding carboxylic acids is 1. The molecule has 3 aromatic rings. The Kier molecular flexibility index (Phi) is 8.20. The van der Waals surface area contributed by atoms with Crippen LogP contribution in [0.2, 0.25) is 0 Å². The topological polar surface area (TPSA) is 119 Å². The van der Waals surface area contributed by atoms with E-state index >= 15 is 0 Å². The zero-order chi connectivity index (χ0) is 25.5. The molecule has 36 heavy (non-hydrogen) atoms. The number of aliphatic hydroxyl groups is 1. The summed E-state index contributed by atoms with van der Waals surface area (Å²) >= 11 is 0. The second kappa shape index (κ2) is 11.7. The van der Waals surface area contributed by atoms with Gasteiger partial charge in [0.1, 0.15) is 18.1 Å². The molecule has 1 aliphatic heterocycles. The largest absolute Gasteiger partial charge is 0.507 e. The first kappa shape index (κ1) is 25.2. The summed E-state index contributed by atoms with van der Waals surface area (Å²) in [6.07, 6.45) is 1.92. The molecule has 0 bridgehead atoms. The predicted octanol–water partition coefficient (Wildman–Crippen LogP) is 4.09. The molecule has 3 aromatic carbocycles. The minimum Gasteiger partial charge on any atom is -0.507 e. The molecular weight excluding hydrogens is 460 g/mol. The van der Waals surface area contributed by atoms with Gasteiger partial charge < -0.3 is 25.4 Å². The molecule has 0 aliphatic carbocycles. The number of nitrogens with one attached hydrogen (secondary N) is 1. The quantitative estimate of drug-likeness (QED) is 0.357. The van der Waals surface area contributed by atoms with Crippen LogP contribution in [0.4, 0.5) is 5.69 Å². The maximum atomic E-state index is 13.0. The predicted molar refractivity (Wildman–Crippen MR) is 137 cm³/mol. The van der Waals surface area contributed by atoms with E-state index < -0.39 is 11.9 Å². The molecule has 0 spiro atoms. The second-order valence-corrected chi connectivity index (χ2v) is 8.88. The van der Waals surface area contributed by atoms with Crippen LogP contribution in [-0.2, 0) is 0 Å². The number of aromatic hydroxyl groups is 1. The van der Waals surface area contributed by atoms with Crippen LogP contribution in [0.25, 0.3) is 11.1 Å². The smallest absolute Gasteiger partial charge is 0.337 e. The van der Waals surface area contributed by atoms with Crippen LogP contribution in [0, 0.1) is 5.92 Å². The minimum atomic E-state index is -1.17.